The van der Waals surface area contributed by atoms with Gasteiger partial charge in [0.2, 0.25) is 5.91 Å². The number of hydrogen-bond acceptors (Lipinski definition) is 7. The Labute approximate surface area is 269 Å². The quantitative estimate of drug-likeness (QED) is 0.202. The molecule has 2 bridgehead atoms. The van der Waals surface area contributed by atoms with E-state index >= 15 is 0 Å². The van der Waals surface area contributed by atoms with Crippen molar-refractivity contribution in [1.29, 1.82) is 5.26 Å². The lowest BCUT2D eigenvalue weighted by Crippen LogP contribution is -2.81. The van der Waals surface area contributed by atoms with Gasteiger partial charge in [-0.15, -0.1) is 11.3 Å². The molecule has 4 aliphatic rings. The second-order valence-electron chi connectivity index (χ2n) is 13.4. The van der Waals surface area contributed by atoms with Crippen LogP contribution < -0.4 is 10.6 Å². The molecule has 1 atom stereocenters. The van der Waals surface area contributed by atoms with Crippen LogP contribution in [0.2, 0.25) is 0 Å². The van der Waals surface area contributed by atoms with Gasteiger partial charge in [0.25, 0.3) is 0 Å². The van der Waals surface area contributed by atoms with Gasteiger partial charge in [0.05, 0.1) is 11.8 Å². The van der Waals surface area contributed by atoms with E-state index in [0.717, 1.165) is 74.1 Å². The first-order valence-corrected chi connectivity index (χ1v) is 16.5. The number of nitrogens with one attached hydrogen (secondary N) is 2. The maximum absolute atomic E-state index is 12.9. The smallest absolute Gasteiger partial charge is 0.367 e. The molecule has 8 rings (SSSR count). The Morgan fingerprint density at radius 1 is 1.22 bits per heavy atom. The lowest BCUT2D eigenvalue weighted by atomic mass is 9.33. The number of likely N-dealkylation sites (tertiary alicyclic amines) is 1. The van der Waals surface area contributed by atoms with Gasteiger partial charge in [-0.25, -0.2) is 9.97 Å². The summed E-state index contributed by atoms with van der Waals surface area (Å²) < 4.78 is 41.0. The number of alkyl halides is 3. The SMILES string of the molecule is C=CC(=O)NC12CC(Cn3c(C#N)cc4c(C)c(CN5CCC(Nc6ncnc7sc(CC(F)(F)F)cc67)CC5)ccc43)(C1)[C@@H]2C. The highest BCUT2D eigenvalue weighted by atomic mass is 32.1. The number of nitrogens with zero attached hydrogens (tertiary/aromatic N) is 5. The molecule has 12 heteroatoms. The minimum Gasteiger partial charge on any atom is -0.367 e. The van der Waals surface area contributed by atoms with Crippen molar-refractivity contribution in [1.82, 2.24) is 24.8 Å². The topological polar surface area (TPSA) is 98.9 Å². The summed E-state index contributed by atoms with van der Waals surface area (Å²) >= 11 is 1.06. The van der Waals surface area contributed by atoms with Crippen LogP contribution in [0.1, 0.15) is 54.3 Å². The van der Waals surface area contributed by atoms with Crippen molar-refractivity contribution >= 4 is 44.2 Å². The first-order chi connectivity index (χ1) is 21.9. The molecule has 4 aromatic rings. The molecule has 4 fully saturated rings. The minimum absolute atomic E-state index is 0.0866. The maximum atomic E-state index is 12.9. The van der Waals surface area contributed by atoms with Crippen LogP contribution in [0, 0.1) is 29.6 Å². The molecule has 3 saturated carbocycles. The lowest BCUT2D eigenvalue weighted by Gasteiger charge is -2.76. The highest BCUT2D eigenvalue weighted by Crippen LogP contribution is 2.72. The number of amides is 1. The first-order valence-electron chi connectivity index (χ1n) is 15.7. The largest absolute Gasteiger partial charge is 0.393 e. The van der Waals surface area contributed by atoms with E-state index in [-0.39, 0.29) is 27.8 Å². The Hall–Kier alpha value is -3.95. The number of halogens is 3. The van der Waals surface area contributed by atoms with E-state index in [4.69, 9.17) is 0 Å². The first kappa shape index (κ1) is 30.7. The van der Waals surface area contributed by atoms with Crippen LogP contribution in [0.15, 0.2) is 43.2 Å². The monoisotopic (exact) mass is 647 g/mol. The Morgan fingerprint density at radius 2 is 1.98 bits per heavy atom. The van der Waals surface area contributed by atoms with Gasteiger partial charge < -0.3 is 15.2 Å². The third-order valence-corrected chi connectivity index (χ3v) is 11.8. The number of fused-ring (bicyclic) bond motifs is 2. The van der Waals surface area contributed by atoms with Crippen LogP contribution >= 0.6 is 11.3 Å². The van der Waals surface area contributed by atoms with E-state index in [0.29, 0.717) is 27.6 Å². The van der Waals surface area contributed by atoms with Gasteiger partial charge in [-0.1, -0.05) is 19.6 Å². The molecule has 3 aromatic heterocycles. The number of anilines is 1. The molecule has 1 aromatic carbocycles. The van der Waals surface area contributed by atoms with Gasteiger partial charge >= 0.3 is 6.18 Å². The van der Waals surface area contributed by atoms with Crippen molar-refractivity contribution in [2.45, 2.75) is 76.8 Å². The number of nitriles is 1. The van der Waals surface area contributed by atoms with Crippen molar-refractivity contribution in [3.8, 4) is 6.07 Å². The van der Waals surface area contributed by atoms with Crippen LogP contribution in [-0.4, -0.2) is 56.2 Å². The summed E-state index contributed by atoms with van der Waals surface area (Å²) in [5.74, 6) is 0.806. The molecular weight excluding hydrogens is 611 g/mol. The van der Waals surface area contributed by atoms with Gasteiger partial charge in [0.15, 0.2) is 0 Å². The number of benzene rings is 1. The molecule has 1 aliphatic heterocycles. The molecule has 0 radical (unpaired) electrons. The molecule has 240 valence electrons. The summed E-state index contributed by atoms with van der Waals surface area (Å²) in [7, 11) is 0. The highest BCUT2D eigenvalue weighted by Gasteiger charge is 2.74. The second-order valence-corrected chi connectivity index (χ2v) is 14.6. The Morgan fingerprint density at radius 3 is 2.65 bits per heavy atom. The van der Waals surface area contributed by atoms with Crippen LogP contribution in [0.25, 0.3) is 21.1 Å². The number of carbonyl (C=O) groups excluding carboxylic acids is 1. The fourth-order valence-electron chi connectivity index (χ4n) is 8.13. The maximum Gasteiger partial charge on any atom is 0.393 e. The minimum atomic E-state index is -4.26. The van der Waals surface area contributed by atoms with E-state index in [9.17, 15) is 23.2 Å². The lowest BCUT2D eigenvalue weighted by molar-refractivity contribution is -0.227. The summed E-state index contributed by atoms with van der Waals surface area (Å²) in [6, 6.07) is 10.5. The third-order valence-electron chi connectivity index (χ3n) is 10.8. The number of piperidine rings is 1. The standard InChI is InChI=1S/C34H36F3N7OS/c1-4-29(45)42-33-16-32(17-33,21(33)3)18-44-24(14-38)11-26-20(2)22(5-6-28(26)44)15-43-9-7-23(8-10-43)41-30-27-12-25(13-34(35,36)37)46-31(27)40-19-39-30/h4-6,11-12,19,21,23H,1,7-10,13,15-18H2,2-3H3,(H,42,45)(H,39,40,41)/t21-,32?,33?/m0/s1. The summed E-state index contributed by atoms with van der Waals surface area (Å²) in [6.45, 7) is 11.2. The van der Waals surface area contributed by atoms with Crippen molar-refractivity contribution in [3.63, 3.8) is 0 Å². The van der Waals surface area contributed by atoms with Gasteiger partial charge in [0, 0.05) is 53.5 Å². The van der Waals surface area contributed by atoms with Crippen molar-refractivity contribution in [2.24, 2.45) is 11.3 Å². The Balaban J connectivity index is 1.00. The van der Waals surface area contributed by atoms with E-state index in [1.165, 1.54) is 23.5 Å². The number of aromatic nitrogens is 3. The zero-order valence-electron chi connectivity index (χ0n) is 25.9. The fourth-order valence-corrected chi connectivity index (χ4v) is 9.15. The van der Waals surface area contributed by atoms with E-state index in [1.807, 2.05) is 6.07 Å². The zero-order chi connectivity index (χ0) is 32.4. The van der Waals surface area contributed by atoms with Crippen LogP contribution in [0.3, 0.4) is 0 Å². The molecule has 4 heterocycles. The fraction of sp³-hybridized carbons (Fsp3) is 0.471. The summed E-state index contributed by atoms with van der Waals surface area (Å²) in [6.07, 6.45) is 1.13. The number of hydrogen-bond donors (Lipinski definition) is 2. The molecule has 0 unspecified atom stereocenters. The average molecular weight is 648 g/mol. The molecule has 46 heavy (non-hydrogen) atoms. The van der Waals surface area contributed by atoms with Crippen molar-refractivity contribution in [2.75, 3.05) is 18.4 Å². The van der Waals surface area contributed by atoms with Crippen molar-refractivity contribution < 1.29 is 18.0 Å². The Kier molecular flexibility index (Phi) is 7.40. The Bertz CT molecular complexity index is 1890. The number of aryl methyl sites for hydroxylation is 1. The summed E-state index contributed by atoms with van der Waals surface area (Å²) in [5, 5.41) is 18.4. The molecule has 8 nitrogen and oxygen atoms in total. The van der Waals surface area contributed by atoms with E-state index < -0.39 is 12.6 Å². The summed E-state index contributed by atoms with van der Waals surface area (Å²) in [5.41, 5.74) is 4.10. The zero-order valence-corrected chi connectivity index (χ0v) is 26.7. The van der Waals surface area contributed by atoms with Gasteiger partial charge in [-0.05, 0) is 79.3 Å². The molecule has 2 N–H and O–H groups in total. The van der Waals surface area contributed by atoms with Gasteiger partial charge in [-0.3, -0.25) is 9.69 Å². The number of rotatable bonds is 9. The van der Waals surface area contributed by atoms with Crippen molar-refractivity contribution in [3.05, 3.63) is 64.9 Å². The predicted molar refractivity (Wildman–Crippen MR) is 172 cm³/mol. The van der Waals surface area contributed by atoms with Gasteiger partial charge in [-0.2, -0.15) is 18.4 Å². The summed E-state index contributed by atoms with van der Waals surface area (Å²) in [4.78, 5) is 23.7. The highest BCUT2D eigenvalue weighted by molar-refractivity contribution is 7.18. The van der Waals surface area contributed by atoms with Crippen LogP contribution in [0.5, 0.6) is 0 Å². The van der Waals surface area contributed by atoms with E-state index in [2.05, 4.69) is 68.7 Å². The van der Waals surface area contributed by atoms with Gasteiger partial charge in [0.1, 0.15) is 28.7 Å². The third kappa shape index (κ3) is 5.23. The average Bonchev–Trinajstić information content (AvgIpc) is 3.58. The second kappa shape index (κ2) is 11.1. The van der Waals surface area contributed by atoms with E-state index in [1.54, 1.807) is 6.07 Å². The molecule has 3 aliphatic carbocycles. The molecular formula is C34H36F3N7OS. The number of thiophene rings is 1. The predicted octanol–water partition coefficient (Wildman–Crippen LogP) is 6.48. The van der Waals surface area contributed by atoms with Crippen LogP contribution in [0.4, 0.5) is 19.0 Å². The number of carbonyl (C=O) groups is 1. The molecule has 1 amide bonds. The molecule has 0 spiro atoms. The normalized spacial score (nSPS) is 24.7. The molecule has 1 saturated heterocycles. The van der Waals surface area contributed by atoms with Crippen LogP contribution in [-0.2, 0) is 24.3 Å².